The van der Waals surface area contributed by atoms with Gasteiger partial charge in [0.25, 0.3) is 0 Å². The van der Waals surface area contributed by atoms with E-state index in [4.69, 9.17) is 19.3 Å². The van der Waals surface area contributed by atoms with Crippen LogP contribution in [-0.4, -0.2) is 41.4 Å². The van der Waals surface area contributed by atoms with Gasteiger partial charge in [0.05, 0.1) is 19.2 Å². The average molecular weight is 472 g/mol. The number of hydrogen-bond acceptors (Lipinski definition) is 5. The monoisotopic (exact) mass is 471 g/mol. The third-order valence-corrected chi connectivity index (χ3v) is 5.59. The number of aromatic nitrogens is 2. The molecule has 35 heavy (non-hydrogen) atoms. The largest absolute Gasteiger partial charge is 0.497 e. The summed E-state index contributed by atoms with van der Waals surface area (Å²) in [6, 6.07) is 27.2. The number of rotatable bonds is 10. The summed E-state index contributed by atoms with van der Waals surface area (Å²) in [5, 5.41) is 4.77. The van der Waals surface area contributed by atoms with E-state index in [0.29, 0.717) is 24.7 Å². The molecule has 4 rings (SSSR count). The van der Waals surface area contributed by atoms with Crippen LogP contribution in [0.1, 0.15) is 11.1 Å². The van der Waals surface area contributed by atoms with E-state index in [1.807, 2.05) is 92.0 Å². The third-order valence-electron chi connectivity index (χ3n) is 5.59. The Morgan fingerprint density at radius 2 is 1.49 bits per heavy atom. The molecule has 0 aliphatic rings. The molecule has 1 amide bonds. The highest BCUT2D eigenvalue weighted by Crippen LogP contribution is 2.35. The van der Waals surface area contributed by atoms with Crippen LogP contribution in [0.5, 0.6) is 17.4 Å². The number of amides is 1. The number of nitrogens with zero attached hydrogens (tertiary/aromatic N) is 3. The van der Waals surface area contributed by atoms with Gasteiger partial charge in [0.1, 0.15) is 23.8 Å². The first-order valence-electron chi connectivity index (χ1n) is 11.3. The lowest BCUT2D eigenvalue weighted by Gasteiger charge is -2.23. The van der Waals surface area contributed by atoms with Gasteiger partial charge in [-0.2, -0.15) is 5.10 Å². The second-order valence-electron chi connectivity index (χ2n) is 8.07. The Morgan fingerprint density at radius 1 is 0.857 bits per heavy atom. The van der Waals surface area contributed by atoms with Crippen molar-refractivity contribution in [3.8, 4) is 28.6 Å². The minimum absolute atomic E-state index is 0.0115. The van der Waals surface area contributed by atoms with E-state index in [1.165, 1.54) is 7.11 Å². The predicted molar refractivity (Wildman–Crippen MR) is 134 cm³/mol. The minimum Gasteiger partial charge on any atom is -0.497 e. The molecule has 0 saturated heterocycles. The van der Waals surface area contributed by atoms with Crippen molar-refractivity contribution in [3.05, 3.63) is 96.1 Å². The summed E-state index contributed by atoms with van der Waals surface area (Å²) >= 11 is 0. The first kappa shape index (κ1) is 24.0. The van der Waals surface area contributed by atoms with Gasteiger partial charge >= 0.3 is 0 Å². The van der Waals surface area contributed by atoms with Crippen LogP contribution in [0.4, 0.5) is 0 Å². The lowest BCUT2D eigenvalue weighted by Crippen LogP contribution is -2.33. The van der Waals surface area contributed by atoms with E-state index >= 15 is 0 Å². The van der Waals surface area contributed by atoms with E-state index < -0.39 is 0 Å². The first-order valence-corrected chi connectivity index (χ1v) is 11.3. The second kappa shape index (κ2) is 11.4. The number of hydrogen-bond donors (Lipinski definition) is 0. The van der Waals surface area contributed by atoms with E-state index in [9.17, 15) is 4.79 Å². The second-order valence-corrected chi connectivity index (χ2v) is 8.07. The van der Waals surface area contributed by atoms with Crippen LogP contribution in [0.2, 0.25) is 0 Å². The van der Waals surface area contributed by atoms with Gasteiger partial charge < -0.3 is 19.1 Å². The highest BCUT2D eigenvalue weighted by atomic mass is 16.5. The van der Waals surface area contributed by atoms with Crippen molar-refractivity contribution in [3.63, 3.8) is 0 Å². The van der Waals surface area contributed by atoms with Gasteiger partial charge in [0.2, 0.25) is 11.8 Å². The molecule has 0 saturated carbocycles. The molecule has 7 nitrogen and oxygen atoms in total. The molecule has 0 unspecified atom stereocenters. The highest BCUT2D eigenvalue weighted by Gasteiger charge is 2.24. The zero-order valence-electron chi connectivity index (χ0n) is 20.2. The summed E-state index contributed by atoms with van der Waals surface area (Å²) in [6.45, 7) is 0.733. The maximum absolute atomic E-state index is 13.1. The Hall–Kier alpha value is -4.10. The standard InChI is InChI=1S/C28H29N3O4/c1-30-28(35-24-16-14-23(34-3)15-17-24)25(27(29-30)22-12-8-5-9-13-22)19-31(26(32)20-33-2)18-21-10-6-4-7-11-21/h4-17H,18-20H2,1-3H3. The highest BCUT2D eigenvalue weighted by molar-refractivity contribution is 5.78. The maximum atomic E-state index is 13.1. The summed E-state index contributed by atoms with van der Waals surface area (Å²) in [5.41, 5.74) is 3.55. The molecule has 0 bridgehead atoms. The summed E-state index contributed by atoms with van der Waals surface area (Å²) < 4.78 is 18.5. The van der Waals surface area contributed by atoms with Gasteiger partial charge in [-0.3, -0.25) is 4.79 Å². The lowest BCUT2D eigenvalue weighted by atomic mass is 10.1. The molecule has 0 aliphatic heterocycles. The Balaban J connectivity index is 1.74. The lowest BCUT2D eigenvalue weighted by molar-refractivity contribution is -0.136. The molecule has 180 valence electrons. The Kier molecular flexibility index (Phi) is 7.80. The predicted octanol–water partition coefficient (Wildman–Crippen LogP) is 5.06. The molecule has 0 atom stereocenters. The number of methoxy groups -OCH3 is 2. The van der Waals surface area contributed by atoms with Gasteiger partial charge in [-0.05, 0) is 29.8 Å². The van der Waals surface area contributed by atoms with Gasteiger partial charge in [-0.1, -0.05) is 60.7 Å². The summed E-state index contributed by atoms with van der Waals surface area (Å²) in [6.07, 6.45) is 0. The molecule has 0 aliphatic carbocycles. The molecule has 0 fully saturated rings. The van der Waals surface area contributed by atoms with E-state index in [1.54, 1.807) is 16.7 Å². The number of carbonyl (C=O) groups is 1. The normalized spacial score (nSPS) is 10.7. The van der Waals surface area contributed by atoms with E-state index in [0.717, 1.165) is 28.1 Å². The van der Waals surface area contributed by atoms with Crippen LogP contribution in [0.25, 0.3) is 11.3 Å². The van der Waals surface area contributed by atoms with Crippen LogP contribution in [-0.2, 0) is 29.7 Å². The topological polar surface area (TPSA) is 65.8 Å². The fourth-order valence-corrected chi connectivity index (χ4v) is 3.85. The summed E-state index contributed by atoms with van der Waals surface area (Å²) in [5.74, 6) is 1.84. The van der Waals surface area contributed by atoms with Crippen molar-refractivity contribution >= 4 is 5.91 Å². The van der Waals surface area contributed by atoms with Crippen molar-refractivity contribution in [1.29, 1.82) is 0 Å². The fraction of sp³-hybridized carbons (Fsp3) is 0.214. The third kappa shape index (κ3) is 5.88. The van der Waals surface area contributed by atoms with Crippen LogP contribution < -0.4 is 9.47 Å². The smallest absolute Gasteiger partial charge is 0.249 e. The molecule has 1 aromatic heterocycles. The fourth-order valence-electron chi connectivity index (χ4n) is 3.85. The molecule has 0 N–H and O–H groups in total. The Labute approximate surface area is 205 Å². The molecule has 0 spiro atoms. The van der Waals surface area contributed by atoms with Crippen LogP contribution in [0.3, 0.4) is 0 Å². The van der Waals surface area contributed by atoms with Crippen molar-refractivity contribution < 1.29 is 19.0 Å². The van der Waals surface area contributed by atoms with Crippen LogP contribution in [0, 0.1) is 0 Å². The van der Waals surface area contributed by atoms with Crippen molar-refractivity contribution in [2.24, 2.45) is 7.05 Å². The average Bonchev–Trinajstić information content (AvgIpc) is 3.20. The van der Waals surface area contributed by atoms with Crippen molar-refractivity contribution in [1.82, 2.24) is 14.7 Å². The zero-order chi connectivity index (χ0) is 24.6. The van der Waals surface area contributed by atoms with Gasteiger partial charge in [0, 0.05) is 26.3 Å². The number of ether oxygens (including phenoxy) is 3. The molecular formula is C28H29N3O4. The zero-order valence-corrected chi connectivity index (χ0v) is 20.2. The molecule has 4 aromatic rings. The van der Waals surface area contributed by atoms with E-state index in [-0.39, 0.29) is 12.5 Å². The van der Waals surface area contributed by atoms with Crippen LogP contribution >= 0.6 is 0 Å². The quantitative estimate of drug-likeness (QED) is 0.323. The summed E-state index contributed by atoms with van der Waals surface area (Å²) in [4.78, 5) is 14.8. The van der Waals surface area contributed by atoms with Gasteiger partial charge in [-0.25, -0.2) is 4.68 Å². The number of benzene rings is 3. The number of aryl methyl sites for hydroxylation is 1. The molecule has 1 heterocycles. The molecule has 7 heteroatoms. The van der Waals surface area contributed by atoms with Gasteiger partial charge in [-0.15, -0.1) is 0 Å². The van der Waals surface area contributed by atoms with Gasteiger partial charge in [0.15, 0.2) is 0 Å². The minimum atomic E-state index is -0.116. The van der Waals surface area contributed by atoms with Crippen molar-refractivity contribution in [2.45, 2.75) is 13.1 Å². The first-order chi connectivity index (χ1) is 17.1. The molecular weight excluding hydrogens is 442 g/mol. The molecule has 3 aromatic carbocycles. The summed E-state index contributed by atoms with van der Waals surface area (Å²) in [7, 11) is 4.99. The number of carbonyl (C=O) groups excluding carboxylic acids is 1. The maximum Gasteiger partial charge on any atom is 0.249 e. The van der Waals surface area contributed by atoms with Crippen LogP contribution in [0.15, 0.2) is 84.9 Å². The Bertz CT molecular complexity index is 1240. The Morgan fingerprint density at radius 3 is 2.11 bits per heavy atom. The van der Waals surface area contributed by atoms with Crippen molar-refractivity contribution in [2.75, 3.05) is 20.8 Å². The molecule has 0 radical (unpaired) electrons. The van der Waals surface area contributed by atoms with E-state index in [2.05, 4.69) is 0 Å². The SMILES string of the molecule is COCC(=O)N(Cc1ccccc1)Cc1c(-c2ccccc2)nn(C)c1Oc1ccc(OC)cc1.